The maximum absolute atomic E-state index is 13.5. The summed E-state index contributed by atoms with van der Waals surface area (Å²) in [6, 6.07) is 6.39. The zero-order valence-corrected chi connectivity index (χ0v) is 18.3. The van der Waals surface area contributed by atoms with Crippen molar-refractivity contribution in [3.63, 3.8) is 0 Å². The minimum absolute atomic E-state index is 0.0226. The molecule has 4 rings (SSSR count). The Kier molecular flexibility index (Phi) is 5.21. The molecule has 1 aromatic heterocycles. The largest absolute Gasteiger partial charge is 0.273 e. The molecule has 2 aliphatic rings. The SMILES string of the molecule is CC1=Nc2cc(C)nn2C(c2ccc(Cl)c(Cl)c2)C1C(=O)N1CCCCS1(=O)=O. The lowest BCUT2D eigenvalue weighted by Crippen LogP contribution is -2.49. The first-order chi connectivity index (χ1) is 13.7. The van der Waals surface area contributed by atoms with Crippen molar-refractivity contribution < 1.29 is 13.2 Å². The summed E-state index contributed by atoms with van der Waals surface area (Å²) in [5.74, 6) is -0.708. The number of aromatic nitrogens is 2. The Balaban J connectivity index is 1.86. The predicted octanol–water partition coefficient (Wildman–Crippen LogP) is 3.76. The molecule has 29 heavy (non-hydrogen) atoms. The van der Waals surface area contributed by atoms with E-state index in [1.165, 1.54) is 0 Å². The molecule has 0 bridgehead atoms. The van der Waals surface area contributed by atoms with Crippen molar-refractivity contribution in [2.75, 3.05) is 12.3 Å². The number of amides is 1. The van der Waals surface area contributed by atoms with E-state index in [0.717, 1.165) is 10.00 Å². The summed E-state index contributed by atoms with van der Waals surface area (Å²) in [7, 11) is -3.64. The molecule has 2 aromatic rings. The summed E-state index contributed by atoms with van der Waals surface area (Å²) < 4.78 is 27.8. The maximum Gasteiger partial charge on any atom is 0.247 e. The predicted molar refractivity (Wildman–Crippen MR) is 113 cm³/mol. The third-order valence-corrected chi connectivity index (χ3v) is 7.88. The molecule has 1 amide bonds. The van der Waals surface area contributed by atoms with Crippen molar-refractivity contribution in [3.05, 3.63) is 45.6 Å². The number of carbonyl (C=O) groups is 1. The molecule has 1 fully saturated rings. The van der Waals surface area contributed by atoms with Gasteiger partial charge in [0.05, 0.1) is 27.5 Å². The molecule has 10 heteroatoms. The second-order valence-electron chi connectivity index (χ2n) is 7.37. The number of hydrogen-bond donors (Lipinski definition) is 0. The second-order valence-corrected chi connectivity index (χ2v) is 10.2. The van der Waals surface area contributed by atoms with Gasteiger partial charge in [-0.25, -0.2) is 22.4 Å². The molecular formula is C19H20Cl2N4O3S. The van der Waals surface area contributed by atoms with E-state index in [9.17, 15) is 13.2 Å². The number of sulfonamides is 1. The number of fused-ring (bicyclic) bond motifs is 1. The zero-order chi connectivity index (χ0) is 20.9. The monoisotopic (exact) mass is 454 g/mol. The number of aryl methyl sites for hydroxylation is 1. The average molecular weight is 455 g/mol. The number of carbonyl (C=O) groups excluding carboxylic acids is 1. The van der Waals surface area contributed by atoms with Gasteiger partial charge in [0.15, 0.2) is 5.82 Å². The molecule has 0 N–H and O–H groups in total. The summed E-state index contributed by atoms with van der Waals surface area (Å²) in [4.78, 5) is 18.0. The highest BCUT2D eigenvalue weighted by Gasteiger charge is 2.44. The molecule has 1 aromatic carbocycles. The van der Waals surface area contributed by atoms with Gasteiger partial charge in [-0.3, -0.25) is 4.79 Å². The highest BCUT2D eigenvalue weighted by atomic mass is 35.5. The Labute approximate surface area is 179 Å². The van der Waals surface area contributed by atoms with Crippen molar-refractivity contribution in [2.45, 2.75) is 32.7 Å². The first-order valence-corrected chi connectivity index (χ1v) is 11.7. The van der Waals surface area contributed by atoms with E-state index >= 15 is 0 Å². The van der Waals surface area contributed by atoms with E-state index in [-0.39, 0.29) is 12.3 Å². The molecule has 154 valence electrons. The van der Waals surface area contributed by atoms with Crippen LogP contribution in [0.4, 0.5) is 5.82 Å². The molecule has 3 heterocycles. The number of benzene rings is 1. The van der Waals surface area contributed by atoms with Gasteiger partial charge >= 0.3 is 0 Å². The topological polar surface area (TPSA) is 84.6 Å². The summed E-state index contributed by atoms with van der Waals surface area (Å²) in [5, 5.41) is 5.27. The lowest BCUT2D eigenvalue weighted by atomic mass is 9.87. The van der Waals surface area contributed by atoms with E-state index in [2.05, 4.69) is 10.1 Å². The standard InChI is InChI=1S/C19H20Cl2N4O3S/c1-11-9-16-22-12(2)17(19(26)24-7-3-4-8-29(24,27)28)18(25(16)23-11)13-5-6-14(20)15(21)10-13/h5-6,9-10,17-18H,3-4,7-8H2,1-2H3. The van der Waals surface area contributed by atoms with Gasteiger partial charge in [-0.1, -0.05) is 29.3 Å². The zero-order valence-electron chi connectivity index (χ0n) is 16.0. The molecule has 0 aliphatic carbocycles. The Morgan fingerprint density at radius 1 is 1.14 bits per heavy atom. The van der Waals surface area contributed by atoms with Crippen molar-refractivity contribution in [2.24, 2.45) is 10.9 Å². The average Bonchev–Trinajstić information content (AvgIpc) is 3.01. The number of rotatable bonds is 2. The molecule has 1 saturated heterocycles. The van der Waals surface area contributed by atoms with Gasteiger partial charge in [-0.05, 0) is 44.4 Å². The first-order valence-electron chi connectivity index (χ1n) is 9.29. The Bertz CT molecular complexity index is 1130. The van der Waals surface area contributed by atoms with E-state index in [4.69, 9.17) is 23.2 Å². The van der Waals surface area contributed by atoms with Crippen molar-refractivity contribution >= 4 is 50.7 Å². The molecule has 0 spiro atoms. The van der Waals surface area contributed by atoms with Crippen LogP contribution in [-0.2, 0) is 14.8 Å². The van der Waals surface area contributed by atoms with Crippen LogP contribution in [0.3, 0.4) is 0 Å². The lowest BCUT2D eigenvalue weighted by molar-refractivity contribution is -0.129. The summed E-state index contributed by atoms with van der Waals surface area (Å²) in [5.41, 5.74) is 2.00. The van der Waals surface area contributed by atoms with Crippen LogP contribution in [0.1, 0.15) is 37.1 Å². The molecule has 0 radical (unpaired) electrons. The highest BCUT2D eigenvalue weighted by Crippen LogP contribution is 2.39. The fraction of sp³-hybridized carbons (Fsp3) is 0.421. The van der Waals surface area contributed by atoms with Crippen LogP contribution < -0.4 is 0 Å². The normalized spacial score (nSPS) is 23.4. The van der Waals surface area contributed by atoms with Gasteiger partial charge < -0.3 is 0 Å². The van der Waals surface area contributed by atoms with E-state index < -0.39 is 27.9 Å². The van der Waals surface area contributed by atoms with E-state index in [1.807, 2.05) is 13.0 Å². The first kappa shape index (κ1) is 20.4. The van der Waals surface area contributed by atoms with Gasteiger partial charge in [-0.2, -0.15) is 5.10 Å². The van der Waals surface area contributed by atoms with Crippen LogP contribution in [0, 0.1) is 12.8 Å². The van der Waals surface area contributed by atoms with E-state index in [1.54, 1.807) is 29.8 Å². The van der Waals surface area contributed by atoms with Crippen LogP contribution in [0.25, 0.3) is 0 Å². The Morgan fingerprint density at radius 2 is 1.90 bits per heavy atom. The van der Waals surface area contributed by atoms with Crippen LogP contribution in [0.15, 0.2) is 29.3 Å². The Hall–Kier alpha value is -1.90. The fourth-order valence-electron chi connectivity index (χ4n) is 3.95. The number of aliphatic imine (C=N–C) groups is 1. The smallest absolute Gasteiger partial charge is 0.247 e. The number of hydrogen-bond acceptors (Lipinski definition) is 5. The molecule has 2 aliphatic heterocycles. The third-order valence-electron chi connectivity index (χ3n) is 5.30. The van der Waals surface area contributed by atoms with Gasteiger partial charge in [0, 0.05) is 18.3 Å². The maximum atomic E-state index is 13.5. The van der Waals surface area contributed by atoms with Gasteiger partial charge in [0.2, 0.25) is 15.9 Å². The van der Waals surface area contributed by atoms with Crippen LogP contribution in [-0.4, -0.2) is 46.4 Å². The summed E-state index contributed by atoms with van der Waals surface area (Å²) in [6.45, 7) is 3.77. The summed E-state index contributed by atoms with van der Waals surface area (Å²) in [6.07, 6.45) is 1.21. The van der Waals surface area contributed by atoms with Crippen LogP contribution in [0.5, 0.6) is 0 Å². The van der Waals surface area contributed by atoms with Crippen LogP contribution >= 0.6 is 23.2 Å². The minimum atomic E-state index is -3.64. The molecule has 2 unspecified atom stereocenters. The summed E-state index contributed by atoms with van der Waals surface area (Å²) >= 11 is 12.3. The van der Waals surface area contributed by atoms with Crippen molar-refractivity contribution in [1.29, 1.82) is 0 Å². The quantitative estimate of drug-likeness (QED) is 0.690. The molecule has 2 atom stereocenters. The highest BCUT2D eigenvalue weighted by molar-refractivity contribution is 7.89. The second kappa shape index (κ2) is 7.41. The molecule has 0 saturated carbocycles. The van der Waals surface area contributed by atoms with Gasteiger partial charge in [0.1, 0.15) is 5.92 Å². The lowest BCUT2D eigenvalue weighted by Gasteiger charge is -2.35. The minimum Gasteiger partial charge on any atom is -0.273 e. The van der Waals surface area contributed by atoms with Gasteiger partial charge in [0.25, 0.3) is 0 Å². The van der Waals surface area contributed by atoms with Gasteiger partial charge in [-0.15, -0.1) is 0 Å². The van der Waals surface area contributed by atoms with Crippen molar-refractivity contribution in [3.8, 4) is 0 Å². The molecule has 7 nitrogen and oxygen atoms in total. The third kappa shape index (κ3) is 3.58. The van der Waals surface area contributed by atoms with Crippen LogP contribution in [0.2, 0.25) is 10.0 Å². The number of halogens is 2. The van der Waals surface area contributed by atoms with Crippen molar-refractivity contribution in [1.82, 2.24) is 14.1 Å². The fourth-order valence-corrected chi connectivity index (χ4v) is 5.84. The Morgan fingerprint density at radius 3 is 2.59 bits per heavy atom. The van der Waals surface area contributed by atoms with E-state index in [0.29, 0.717) is 40.0 Å². The number of nitrogens with zero attached hydrogens (tertiary/aromatic N) is 4. The molecular weight excluding hydrogens is 435 g/mol.